The number of carbonyl (C=O) groups excluding carboxylic acids is 1. The minimum atomic E-state index is -0.179. The van der Waals surface area contributed by atoms with E-state index in [4.69, 9.17) is 4.74 Å². The Balaban J connectivity index is 1.69. The smallest absolute Gasteiger partial charge is 0.309 e. The van der Waals surface area contributed by atoms with Crippen LogP contribution in [0.5, 0.6) is 0 Å². The number of hydrogen-bond acceptors (Lipinski definition) is 3. The van der Waals surface area contributed by atoms with Gasteiger partial charge in [0.1, 0.15) is 6.10 Å². The highest BCUT2D eigenvalue weighted by atomic mass is 16.5. The first-order valence-electron chi connectivity index (χ1n) is 11.7. The maximum atomic E-state index is 12.6. The van der Waals surface area contributed by atoms with E-state index in [1.807, 2.05) is 0 Å². The summed E-state index contributed by atoms with van der Waals surface area (Å²) < 4.78 is 5.86. The van der Waals surface area contributed by atoms with Gasteiger partial charge in [0.05, 0.1) is 17.4 Å². The SMILES string of the molecule is CCCCCCCC1(C#N)CCC(C(=O)OC2CCC(CCC)CC2)CC1. The maximum Gasteiger partial charge on any atom is 0.309 e. The Kier molecular flexibility index (Phi) is 9.66. The number of rotatable bonds is 10. The fraction of sp³-hybridized carbons (Fsp3) is 0.917. The zero-order valence-corrected chi connectivity index (χ0v) is 17.8. The first kappa shape index (κ1) is 22.3. The molecule has 2 rings (SSSR count). The van der Waals surface area contributed by atoms with Crippen molar-refractivity contribution < 1.29 is 9.53 Å². The van der Waals surface area contributed by atoms with Crippen LogP contribution in [0.15, 0.2) is 0 Å². The summed E-state index contributed by atoms with van der Waals surface area (Å²) in [5.41, 5.74) is -0.179. The molecule has 0 aromatic carbocycles. The lowest BCUT2D eigenvalue weighted by molar-refractivity contribution is -0.157. The van der Waals surface area contributed by atoms with Crippen LogP contribution >= 0.6 is 0 Å². The van der Waals surface area contributed by atoms with Crippen LogP contribution in [-0.2, 0) is 9.53 Å². The topological polar surface area (TPSA) is 50.1 Å². The molecule has 0 N–H and O–H groups in total. The minimum Gasteiger partial charge on any atom is -0.462 e. The summed E-state index contributed by atoms with van der Waals surface area (Å²) in [7, 11) is 0. The molecule has 0 saturated heterocycles. The molecule has 2 aliphatic rings. The first-order valence-corrected chi connectivity index (χ1v) is 11.7. The lowest BCUT2D eigenvalue weighted by Crippen LogP contribution is -2.33. The Bertz CT molecular complexity index is 465. The van der Waals surface area contributed by atoms with Crippen molar-refractivity contribution in [2.45, 2.75) is 123 Å². The van der Waals surface area contributed by atoms with Gasteiger partial charge in [-0.1, -0.05) is 58.8 Å². The Morgan fingerprint density at radius 2 is 1.63 bits per heavy atom. The van der Waals surface area contributed by atoms with Gasteiger partial charge < -0.3 is 4.74 Å². The molecular weight excluding hydrogens is 334 g/mol. The van der Waals surface area contributed by atoms with Crippen molar-refractivity contribution in [1.29, 1.82) is 5.26 Å². The number of hydrogen-bond donors (Lipinski definition) is 0. The molecule has 2 fully saturated rings. The van der Waals surface area contributed by atoms with Crippen LogP contribution in [0.4, 0.5) is 0 Å². The third-order valence-corrected chi connectivity index (χ3v) is 7.05. The lowest BCUT2D eigenvalue weighted by Gasteiger charge is -2.35. The summed E-state index contributed by atoms with van der Waals surface area (Å²) in [6.07, 6.45) is 17.9. The van der Waals surface area contributed by atoms with Gasteiger partial charge >= 0.3 is 5.97 Å². The molecule has 2 aliphatic carbocycles. The molecule has 0 spiro atoms. The second-order valence-electron chi connectivity index (χ2n) is 9.20. The van der Waals surface area contributed by atoms with Gasteiger partial charge in [-0.25, -0.2) is 0 Å². The predicted octanol–water partition coefficient (Wildman–Crippen LogP) is 6.95. The number of unbranched alkanes of at least 4 members (excludes halogenated alkanes) is 4. The zero-order chi connectivity index (χ0) is 19.5. The van der Waals surface area contributed by atoms with Crippen LogP contribution in [0.25, 0.3) is 0 Å². The normalized spacial score (nSPS) is 31.2. The second-order valence-corrected chi connectivity index (χ2v) is 9.20. The summed E-state index contributed by atoms with van der Waals surface area (Å²) in [4.78, 5) is 12.6. The van der Waals surface area contributed by atoms with Crippen molar-refractivity contribution in [3.63, 3.8) is 0 Å². The van der Waals surface area contributed by atoms with Crippen LogP contribution in [0.3, 0.4) is 0 Å². The van der Waals surface area contributed by atoms with Crippen molar-refractivity contribution in [3.05, 3.63) is 0 Å². The molecule has 0 atom stereocenters. The van der Waals surface area contributed by atoms with Gasteiger partial charge in [0.15, 0.2) is 0 Å². The molecule has 3 heteroatoms. The average Bonchev–Trinajstić information content (AvgIpc) is 2.70. The quantitative estimate of drug-likeness (QED) is 0.306. The highest BCUT2D eigenvalue weighted by Crippen LogP contribution is 2.43. The number of nitriles is 1. The summed E-state index contributed by atoms with van der Waals surface area (Å²) in [5.74, 6) is 0.886. The molecule has 0 aliphatic heterocycles. The van der Waals surface area contributed by atoms with Gasteiger partial charge in [-0.2, -0.15) is 5.26 Å². The summed E-state index contributed by atoms with van der Waals surface area (Å²) in [6, 6.07) is 2.61. The van der Waals surface area contributed by atoms with Crippen LogP contribution in [0.2, 0.25) is 0 Å². The number of carbonyl (C=O) groups is 1. The summed E-state index contributed by atoms with van der Waals surface area (Å²) in [5, 5.41) is 9.73. The van der Waals surface area contributed by atoms with Crippen LogP contribution in [0.1, 0.15) is 117 Å². The summed E-state index contributed by atoms with van der Waals surface area (Å²) in [6.45, 7) is 4.48. The van der Waals surface area contributed by atoms with E-state index < -0.39 is 0 Å². The predicted molar refractivity (Wildman–Crippen MR) is 110 cm³/mol. The Labute approximate surface area is 167 Å². The van der Waals surface area contributed by atoms with Crippen LogP contribution < -0.4 is 0 Å². The van der Waals surface area contributed by atoms with E-state index >= 15 is 0 Å². The number of nitrogens with zero attached hydrogens (tertiary/aromatic N) is 1. The number of esters is 1. The third kappa shape index (κ3) is 7.13. The third-order valence-electron chi connectivity index (χ3n) is 7.05. The van der Waals surface area contributed by atoms with Gasteiger partial charge in [0.25, 0.3) is 0 Å². The molecule has 0 heterocycles. The van der Waals surface area contributed by atoms with E-state index in [1.54, 1.807) is 0 Å². The minimum absolute atomic E-state index is 0.0171. The zero-order valence-electron chi connectivity index (χ0n) is 17.8. The van der Waals surface area contributed by atoms with Crippen molar-refractivity contribution in [2.75, 3.05) is 0 Å². The van der Waals surface area contributed by atoms with Crippen molar-refractivity contribution in [3.8, 4) is 6.07 Å². The van der Waals surface area contributed by atoms with Crippen LogP contribution in [0, 0.1) is 28.6 Å². The van der Waals surface area contributed by atoms with Crippen molar-refractivity contribution >= 4 is 5.97 Å². The molecule has 0 radical (unpaired) electrons. The first-order chi connectivity index (χ1) is 13.1. The molecule has 27 heavy (non-hydrogen) atoms. The van der Waals surface area contributed by atoms with Crippen LogP contribution in [-0.4, -0.2) is 12.1 Å². The van der Waals surface area contributed by atoms with E-state index in [2.05, 4.69) is 19.9 Å². The van der Waals surface area contributed by atoms with E-state index in [-0.39, 0.29) is 23.4 Å². The molecule has 2 saturated carbocycles. The molecular formula is C24H41NO2. The fourth-order valence-electron chi connectivity index (χ4n) is 5.10. The highest BCUT2D eigenvalue weighted by Gasteiger charge is 2.38. The lowest BCUT2D eigenvalue weighted by atomic mass is 9.69. The van der Waals surface area contributed by atoms with Gasteiger partial charge in [-0.05, 0) is 63.7 Å². The van der Waals surface area contributed by atoms with Gasteiger partial charge in [0, 0.05) is 0 Å². The van der Waals surface area contributed by atoms with Crippen molar-refractivity contribution in [1.82, 2.24) is 0 Å². The molecule has 0 aromatic rings. The van der Waals surface area contributed by atoms with Gasteiger partial charge in [0.2, 0.25) is 0 Å². The van der Waals surface area contributed by atoms with E-state index in [0.29, 0.717) is 0 Å². The Morgan fingerprint density at radius 1 is 0.963 bits per heavy atom. The second kappa shape index (κ2) is 11.7. The van der Waals surface area contributed by atoms with Crippen molar-refractivity contribution in [2.24, 2.45) is 17.3 Å². The fourth-order valence-corrected chi connectivity index (χ4v) is 5.10. The Hall–Kier alpha value is -1.04. The number of ether oxygens (including phenoxy) is 1. The molecule has 0 amide bonds. The monoisotopic (exact) mass is 375 g/mol. The molecule has 0 aromatic heterocycles. The molecule has 0 unspecified atom stereocenters. The molecule has 154 valence electrons. The van der Waals surface area contributed by atoms with Gasteiger partial charge in [-0.3, -0.25) is 4.79 Å². The average molecular weight is 376 g/mol. The maximum absolute atomic E-state index is 12.6. The van der Waals surface area contributed by atoms with E-state index in [1.165, 1.54) is 51.4 Å². The highest BCUT2D eigenvalue weighted by molar-refractivity contribution is 5.72. The molecule has 0 bridgehead atoms. The molecule has 3 nitrogen and oxygen atoms in total. The van der Waals surface area contributed by atoms with Gasteiger partial charge in [-0.15, -0.1) is 0 Å². The largest absolute Gasteiger partial charge is 0.462 e. The summed E-state index contributed by atoms with van der Waals surface area (Å²) >= 11 is 0. The van der Waals surface area contributed by atoms with E-state index in [0.717, 1.165) is 57.3 Å². The standard InChI is InChI=1S/C24H41NO2/c1-3-5-6-7-8-16-24(19-25)17-14-21(15-18-24)23(26)27-22-12-10-20(9-4-2)11-13-22/h20-22H,3-18H2,1-2H3. The Morgan fingerprint density at radius 3 is 2.22 bits per heavy atom. The van der Waals surface area contributed by atoms with E-state index in [9.17, 15) is 10.1 Å².